The van der Waals surface area contributed by atoms with Crippen LogP contribution in [0.15, 0.2) is 29.4 Å². The summed E-state index contributed by atoms with van der Waals surface area (Å²) in [5, 5.41) is 11.4. The number of rotatable bonds is 6. The van der Waals surface area contributed by atoms with Crippen LogP contribution in [-0.2, 0) is 19.6 Å². The number of hydrogen-bond acceptors (Lipinski definition) is 5. The van der Waals surface area contributed by atoms with Gasteiger partial charge in [0.2, 0.25) is 15.9 Å². The second-order valence-corrected chi connectivity index (χ2v) is 7.79. The van der Waals surface area contributed by atoms with Gasteiger partial charge in [-0.15, -0.1) is 0 Å². The minimum atomic E-state index is -3.59. The molecule has 0 aliphatic carbocycles. The van der Waals surface area contributed by atoms with Gasteiger partial charge >= 0.3 is 5.97 Å². The van der Waals surface area contributed by atoms with Gasteiger partial charge in [-0.25, -0.2) is 8.42 Å². The van der Waals surface area contributed by atoms with E-state index in [2.05, 4.69) is 10.3 Å². The number of sulfonamides is 1. The minimum absolute atomic E-state index is 0.0718. The summed E-state index contributed by atoms with van der Waals surface area (Å²) in [7, 11) is -3.59. The number of amides is 1. The first kappa shape index (κ1) is 18.3. The number of nitrogens with one attached hydrogen (secondary N) is 1. The molecule has 132 valence electrons. The maximum absolute atomic E-state index is 12.5. The minimum Gasteiger partial charge on any atom is -0.481 e. The van der Waals surface area contributed by atoms with Crippen molar-refractivity contribution in [1.29, 1.82) is 0 Å². The second kappa shape index (κ2) is 7.71. The molecule has 1 unspecified atom stereocenters. The Bertz CT molecular complexity index is 684. The molecule has 1 aliphatic heterocycles. The average Bonchev–Trinajstić information content (AvgIpc) is 2.60. The molecular formula is C15H21N3O5S. The van der Waals surface area contributed by atoms with E-state index in [4.69, 9.17) is 5.11 Å². The number of piperidine rings is 1. The van der Waals surface area contributed by atoms with Crippen LogP contribution in [0, 0.1) is 11.8 Å². The Morgan fingerprint density at radius 2 is 2.08 bits per heavy atom. The third-order valence-electron chi connectivity index (χ3n) is 4.10. The molecule has 24 heavy (non-hydrogen) atoms. The van der Waals surface area contributed by atoms with Crippen LogP contribution < -0.4 is 5.32 Å². The van der Waals surface area contributed by atoms with E-state index in [-0.39, 0.29) is 36.4 Å². The standard InChI is InChI=1S/C15H21N3O5S/c1-11(15(20)21)9-17-14(19)12-4-7-18(8-5-12)24(22,23)13-3-2-6-16-10-13/h2-3,6,10-12H,4-5,7-9H2,1H3,(H,17,19)(H,20,21). The Kier molecular flexibility index (Phi) is 5.89. The Labute approximate surface area is 140 Å². The first-order chi connectivity index (χ1) is 11.3. The number of aliphatic carboxylic acids is 1. The fourth-order valence-electron chi connectivity index (χ4n) is 2.49. The van der Waals surface area contributed by atoms with Gasteiger partial charge in [0.15, 0.2) is 0 Å². The van der Waals surface area contributed by atoms with Crippen molar-refractivity contribution < 1.29 is 23.1 Å². The first-order valence-corrected chi connectivity index (χ1v) is 9.17. The maximum Gasteiger partial charge on any atom is 0.308 e. The van der Waals surface area contributed by atoms with Gasteiger partial charge in [0.25, 0.3) is 0 Å². The summed E-state index contributed by atoms with van der Waals surface area (Å²) in [4.78, 5) is 26.8. The van der Waals surface area contributed by atoms with E-state index in [1.165, 1.54) is 29.7 Å². The quantitative estimate of drug-likeness (QED) is 0.759. The van der Waals surface area contributed by atoms with Crippen molar-refractivity contribution in [3.05, 3.63) is 24.5 Å². The molecule has 0 saturated carbocycles. The lowest BCUT2D eigenvalue weighted by molar-refractivity contribution is -0.141. The van der Waals surface area contributed by atoms with Crippen LogP contribution in [0.1, 0.15) is 19.8 Å². The number of aromatic nitrogens is 1. The van der Waals surface area contributed by atoms with E-state index in [1.807, 2.05) is 0 Å². The predicted octanol–water partition coefficient (Wildman–Crippen LogP) is 0.319. The molecule has 1 fully saturated rings. The molecule has 1 aliphatic rings. The molecule has 9 heteroatoms. The fraction of sp³-hybridized carbons (Fsp3) is 0.533. The zero-order chi connectivity index (χ0) is 17.7. The van der Waals surface area contributed by atoms with Crippen LogP contribution >= 0.6 is 0 Å². The monoisotopic (exact) mass is 355 g/mol. The molecule has 1 aromatic rings. The Balaban J connectivity index is 1.89. The van der Waals surface area contributed by atoms with E-state index in [1.54, 1.807) is 6.07 Å². The highest BCUT2D eigenvalue weighted by molar-refractivity contribution is 7.89. The number of carbonyl (C=O) groups is 2. The molecule has 8 nitrogen and oxygen atoms in total. The number of carboxylic acids is 1. The van der Waals surface area contributed by atoms with Crippen LogP contribution in [0.2, 0.25) is 0 Å². The van der Waals surface area contributed by atoms with Crippen LogP contribution in [0.4, 0.5) is 0 Å². The van der Waals surface area contributed by atoms with Crippen molar-refractivity contribution in [3.63, 3.8) is 0 Å². The number of pyridine rings is 1. The molecule has 1 atom stereocenters. The maximum atomic E-state index is 12.5. The Morgan fingerprint density at radius 1 is 1.42 bits per heavy atom. The highest BCUT2D eigenvalue weighted by Gasteiger charge is 2.32. The van der Waals surface area contributed by atoms with Crippen molar-refractivity contribution in [2.75, 3.05) is 19.6 Å². The van der Waals surface area contributed by atoms with E-state index in [0.29, 0.717) is 12.8 Å². The smallest absolute Gasteiger partial charge is 0.308 e. The summed E-state index contributed by atoms with van der Waals surface area (Å²) < 4.78 is 26.3. The Morgan fingerprint density at radius 3 is 2.62 bits per heavy atom. The van der Waals surface area contributed by atoms with Crippen molar-refractivity contribution in [2.24, 2.45) is 11.8 Å². The summed E-state index contributed by atoms with van der Waals surface area (Å²) in [5.41, 5.74) is 0. The summed E-state index contributed by atoms with van der Waals surface area (Å²) >= 11 is 0. The molecule has 2 rings (SSSR count). The lowest BCUT2D eigenvalue weighted by Crippen LogP contribution is -2.44. The van der Waals surface area contributed by atoms with E-state index in [9.17, 15) is 18.0 Å². The molecular weight excluding hydrogens is 334 g/mol. The summed E-state index contributed by atoms with van der Waals surface area (Å²) in [6, 6.07) is 3.06. The normalized spacial score (nSPS) is 18.0. The van der Waals surface area contributed by atoms with Crippen LogP contribution in [0.25, 0.3) is 0 Å². The summed E-state index contributed by atoms with van der Waals surface area (Å²) in [6.07, 6.45) is 3.63. The molecule has 0 aromatic carbocycles. The van der Waals surface area contributed by atoms with Crippen molar-refractivity contribution >= 4 is 21.9 Å². The van der Waals surface area contributed by atoms with Gasteiger partial charge in [0.05, 0.1) is 5.92 Å². The van der Waals surface area contributed by atoms with Gasteiger partial charge < -0.3 is 10.4 Å². The SMILES string of the molecule is CC(CNC(=O)C1CCN(S(=O)(=O)c2cccnc2)CC1)C(=O)O. The highest BCUT2D eigenvalue weighted by Crippen LogP contribution is 2.23. The topological polar surface area (TPSA) is 117 Å². The van der Waals surface area contributed by atoms with Gasteiger partial charge in [0, 0.05) is 37.9 Å². The number of carboxylic acid groups (broad SMARTS) is 1. The van der Waals surface area contributed by atoms with Crippen molar-refractivity contribution in [2.45, 2.75) is 24.7 Å². The van der Waals surface area contributed by atoms with Crippen molar-refractivity contribution in [3.8, 4) is 0 Å². The Hall–Kier alpha value is -2.00. The predicted molar refractivity (Wildman–Crippen MR) is 85.5 cm³/mol. The molecule has 2 N–H and O–H groups in total. The van der Waals surface area contributed by atoms with E-state index < -0.39 is 21.9 Å². The zero-order valence-electron chi connectivity index (χ0n) is 13.4. The number of carbonyl (C=O) groups excluding carboxylic acids is 1. The number of hydrogen-bond donors (Lipinski definition) is 2. The molecule has 1 aromatic heterocycles. The van der Waals surface area contributed by atoms with Crippen molar-refractivity contribution in [1.82, 2.24) is 14.6 Å². The summed E-state index contributed by atoms with van der Waals surface area (Å²) in [6.45, 7) is 2.10. The number of nitrogens with zero attached hydrogens (tertiary/aromatic N) is 2. The van der Waals surface area contributed by atoms with Gasteiger partial charge in [0.1, 0.15) is 4.90 Å². The lowest BCUT2D eigenvalue weighted by Gasteiger charge is -2.30. The summed E-state index contributed by atoms with van der Waals surface area (Å²) in [5.74, 6) is -2.14. The fourth-order valence-corrected chi connectivity index (χ4v) is 3.93. The average molecular weight is 355 g/mol. The van der Waals surface area contributed by atoms with Gasteiger partial charge in [-0.3, -0.25) is 14.6 Å². The third-order valence-corrected chi connectivity index (χ3v) is 5.98. The van der Waals surface area contributed by atoms with Gasteiger partial charge in [-0.1, -0.05) is 6.92 Å². The molecule has 1 amide bonds. The van der Waals surface area contributed by atoms with E-state index >= 15 is 0 Å². The lowest BCUT2D eigenvalue weighted by atomic mass is 9.97. The zero-order valence-corrected chi connectivity index (χ0v) is 14.2. The van der Waals surface area contributed by atoms with E-state index in [0.717, 1.165) is 0 Å². The van der Waals surface area contributed by atoms with Crippen LogP contribution in [0.5, 0.6) is 0 Å². The molecule has 1 saturated heterocycles. The highest BCUT2D eigenvalue weighted by atomic mass is 32.2. The largest absolute Gasteiger partial charge is 0.481 e. The molecule has 0 bridgehead atoms. The second-order valence-electron chi connectivity index (χ2n) is 5.85. The van der Waals surface area contributed by atoms with Gasteiger partial charge in [-0.2, -0.15) is 4.31 Å². The first-order valence-electron chi connectivity index (χ1n) is 7.73. The molecule has 0 radical (unpaired) electrons. The molecule has 2 heterocycles. The van der Waals surface area contributed by atoms with Crippen LogP contribution in [-0.4, -0.2) is 54.3 Å². The van der Waals surface area contributed by atoms with Gasteiger partial charge in [-0.05, 0) is 25.0 Å². The van der Waals surface area contributed by atoms with Crippen LogP contribution in [0.3, 0.4) is 0 Å². The molecule has 0 spiro atoms. The third kappa shape index (κ3) is 4.30.